The maximum Gasteiger partial charge on any atom is 0.161 e. The van der Waals surface area contributed by atoms with Crippen molar-refractivity contribution in [1.82, 2.24) is 9.78 Å². The van der Waals surface area contributed by atoms with Crippen molar-refractivity contribution in [2.24, 2.45) is 5.73 Å². The highest BCUT2D eigenvalue weighted by Gasteiger charge is 2.20. The Hall–Kier alpha value is -1.07. The lowest BCUT2D eigenvalue weighted by Gasteiger charge is -2.23. The molecule has 0 spiro atoms. The quantitative estimate of drug-likeness (QED) is 0.852. The van der Waals surface area contributed by atoms with Crippen molar-refractivity contribution in [2.75, 3.05) is 13.7 Å². The summed E-state index contributed by atoms with van der Waals surface area (Å²) < 4.78 is 12.8. The number of hydrogen-bond acceptors (Lipinski definition) is 4. The first-order valence-corrected chi connectivity index (χ1v) is 5.88. The minimum Gasteiger partial charge on any atom is -0.493 e. The van der Waals surface area contributed by atoms with Crippen LogP contribution in [0.25, 0.3) is 0 Å². The standard InChI is InChI=1S/C12H23N3O2/c1-6-15-11(10(16-5)7-14-15)9(13)8-17-12(2,3)4/h7,9H,6,8,13H2,1-5H3. The number of nitrogens with zero attached hydrogens (tertiary/aromatic N) is 2. The number of hydrogen-bond donors (Lipinski definition) is 1. The number of methoxy groups -OCH3 is 1. The summed E-state index contributed by atoms with van der Waals surface area (Å²) >= 11 is 0. The lowest BCUT2D eigenvalue weighted by molar-refractivity contribution is -0.0113. The average molecular weight is 241 g/mol. The molecule has 1 rings (SSSR count). The molecule has 0 fully saturated rings. The van der Waals surface area contributed by atoms with Crippen LogP contribution in [0, 0.1) is 0 Å². The number of rotatable bonds is 5. The van der Waals surface area contributed by atoms with Gasteiger partial charge in [0.1, 0.15) is 0 Å². The molecule has 0 saturated carbocycles. The molecule has 0 aliphatic heterocycles. The second-order valence-electron chi connectivity index (χ2n) is 4.94. The maximum atomic E-state index is 6.13. The lowest BCUT2D eigenvalue weighted by Crippen LogP contribution is -2.28. The first kappa shape index (κ1) is 14.0. The van der Waals surface area contributed by atoms with Crippen LogP contribution in [0.15, 0.2) is 6.20 Å². The molecule has 0 saturated heterocycles. The summed E-state index contributed by atoms with van der Waals surface area (Å²) in [4.78, 5) is 0. The zero-order valence-corrected chi connectivity index (χ0v) is 11.4. The van der Waals surface area contributed by atoms with Gasteiger partial charge in [0.2, 0.25) is 0 Å². The second-order valence-corrected chi connectivity index (χ2v) is 4.94. The van der Waals surface area contributed by atoms with Crippen LogP contribution >= 0.6 is 0 Å². The smallest absolute Gasteiger partial charge is 0.161 e. The highest BCUT2D eigenvalue weighted by molar-refractivity contribution is 5.28. The molecule has 1 aromatic heterocycles. The van der Waals surface area contributed by atoms with E-state index in [0.29, 0.717) is 6.61 Å². The summed E-state index contributed by atoms with van der Waals surface area (Å²) in [6, 6.07) is -0.230. The molecule has 1 atom stereocenters. The van der Waals surface area contributed by atoms with Gasteiger partial charge in [0.15, 0.2) is 5.75 Å². The van der Waals surface area contributed by atoms with Crippen LogP contribution in [0.3, 0.4) is 0 Å². The van der Waals surface area contributed by atoms with Crippen molar-refractivity contribution >= 4 is 0 Å². The van der Waals surface area contributed by atoms with Gasteiger partial charge in [0, 0.05) is 6.54 Å². The second kappa shape index (κ2) is 5.51. The zero-order chi connectivity index (χ0) is 13.1. The van der Waals surface area contributed by atoms with Crippen LogP contribution in [0.2, 0.25) is 0 Å². The predicted molar refractivity (Wildman–Crippen MR) is 67.1 cm³/mol. The summed E-state index contributed by atoms with van der Waals surface area (Å²) in [6.45, 7) is 9.26. The molecule has 2 N–H and O–H groups in total. The largest absolute Gasteiger partial charge is 0.493 e. The Balaban J connectivity index is 2.79. The first-order chi connectivity index (χ1) is 7.89. The minimum atomic E-state index is -0.230. The normalized spacial score (nSPS) is 13.8. The highest BCUT2D eigenvalue weighted by atomic mass is 16.5. The third kappa shape index (κ3) is 3.71. The van der Waals surface area contributed by atoms with E-state index >= 15 is 0 Å². The van der Waals surface area contributed by atoms with E-state index in [0.717, 1.165) is 18.0 Å². The maximum absolute atomic E-state index is 6.13. The van der Waals surface area contributed by atoms with E-state index in [2.05, 4.69) is 5.10 Å². The van der Waals surface area contributed by atoms with E-state index in [1.165, 1.54) is 0 Å². The minimum absolute atomic E-state index is 0.193. The molecule has 98 valence electrons. The molecule has 0 amide bonds. The van der Waals surface area contributed by atoms with Crippen molar-refractivity contribution < 1.29 is 9.47 Å². The van der Waals surface area contributed by atoms with E-state index in [4.69, 9.17) is 15.2 Å². The van der Waals surface area contributed by atoms with Gasteiger partial charge < -0.3 is 15.2 Å². The third-order valence-corrected chi connectivity index (χ3v) is 2.41. The topological polar surface area (TPSA) is 62.3 Å². The SMILES string of the molecule is CCn1ncc(OC)c1C(N)COC(C)(C)C. The van der Waals surface area contributed by atoms with E-state index in [9.17, 15) is 0 Å². The Morgan fingerprint density at radius 3 is 2.59 bits per heavy atom. The van der Waals surface area contributed by atoms with Crippen molar-refractivity contribution in [3.8, 4) is 5.75 Å². The third-order valence-electron chi connectivity index (χ3n) is 2.41. The fourth-order valence-electron chi connectivity index (χ4n) is 1.58. The number of ether oxygens (including phenoxy) is 2. The van der Waals surface area contributed by atoms with Crippen LogP contribution < -0.4 is 10.5 Å². The molecule has 1 aromatic rings. The Labute approximate surface area is 103 Å². The summed E-state index contributed by atoms with van der Waals surface area (Å²) in [5, 5.41) is 4.23. The Morgan fingerprint density at radius 1 is 1.47 bits per heavy atom. The Bertz CT molecular complexity index is 334. The van der Waals surface area contributed by atoms with E-state index in [1.807, 2.05) is 32.4 Å². The van der Waals surface area contributed by atoms with Crippen LogP contribution in [0.1, 0.15) is 39.4 Å². The van der Waals surface area contributed by atoms with Crippen molar-refractivity contribution in [1.29, 1.82) is 0 Å². The van der Waals surface area contributed by atoms with Gasteiger partial charge in [0.25, 0.3) is 0 Å². The summed E-state index contributed by atoms with van der Waals surface area (Å²) in [7, 11) is 1.62. The van der Waals surface area contributed by atoms with E-state index < -0.39 is 0 Å². The fraction of sp³-hybridized carbons (Fsp3) is 0.750. The monoisotopic (exact) mass is 241 g/mol. The van der Waals surface area contributed by atoms with Gasteiger partial charge in [-0.3, -0.25) is 4.68 Å². The molecule has 0 bridgehead atoms. The molecule has 1 heterocycles. The van der Waals surface area contributed by atoms with Crippen molar-refractivity contribution in [3.05, 3.63) is 11.9 Å². The van der Waals surface area contributed by atoms with Crippen LogP contribution in [-0.4, -0.2) is 29.1 Å². The van der Waals surface area contributed by atoms with Gasteiger partial charge in [0.05, 0.1) is 37.3 Å². The van der Waals surface area contributed by atoms with Gasteiger partial charge in [-0.2, -0.15) is 5.10 Å². The van der Waals surface area contributed by atoms with Gasteiger partial charge in [-0.25, -0.2) is 0 Å². The van der Waals surface area contributed by atoms with Crippen LogP contribution in [-0.2, 0) is 11.3 Å². The molecular weight excluding hydrogens is 218 g/mol. The molecule has 0 aromatic carbocycles. The van der Waals surface area contributed by atoms with Gasteiger partial charge in [-0.05, 0) is 27.7 Å². The number of aryl methyl sites for hydroxylation is 1. The van der Waals surface area contributed by atoms with Gasteiger partial charge in [-0.15, -0.1) is 0 Å². The molecule has 1 unspecified atom stereocenters. The van der Waals surface area contributed by atoms with Crippen LogP contribution in [0.4, 0.5) is 0 Å². The first-order valence-electron chi connectivity index (χ1n) is 5.88. The van der Waals surface area contributed by atoms with E-state index in [1.54, 1.807) is 13.3 Å². The molecule has 5 heteroatoms. The van der Waals surface area contributed by atoms with E-state index in [-0.39, 0.29) is 11.6 Å². The predicted octanol–water partition coefficient (Wildman–Crippen LogP) is 1.73. The van der Waals surface area contributed by atoms with Crippen LogP contribution in [0.5, 0.6) is 5.75 Å². The number of aromatic nitrogens is 2. The van der Waals surface area contributed by atoms with Crippen molar-refractivity contribution in [3.63, 3.8) is 0 Å². The zero-order valence-electron chi connectivity index (χ0n) is 11.4. The van der Waals surface area contributed by atoms with Gasteiger partial charge >= 0.3 is 0 Å². The average Bonchev–Trinajstić information content (AvgIpc) is 2.67. The Morgan fingerprint density at radius 2 is 2.12 bits per heavy atom. The van der Waals surface area contributed by atoms with Gasteiger partial charge in [-0.1, -0.05) is 0 Å². The molecule has 0 aliphatic carbocycles. The molecular formula is C12H23N3O2. The molecule has 17 heavy (non-hydrogen) atoms. The number of nitrogens with two attached hydrogens (primary N) is 1. The lowest BCUT2D eigenvalue weighted by atomic mass is 10.1. The van der Waals surface area contributed by atoms with Crippen molar-refractivity contribution in [2.45, 2.75) is 45.9 Å². The highest BCUT2D eigenvalue weighted by Crippen LogP contribution is 2.24. The summed E-state index contributed by atoms with van der Waals surface area (Å²) in [6.07, 6.45) is 1.69. The summed E-state index contributed by atoms with van der Waals surface area (Å²) in [5.74, 6) is 0.719. The molecule has 5 nitrogen and oxygen atoms in total. The fourth-order valence-corrected chi connectivity index (χ4v) is 1.58. The molecule has 0 aliphatic rings. The Kier molecular flexibility index (Phi) is 4.54. The molecule has 0 radical (unpaired) electrons. The summed E-state index contributed by atoms with van der Waals surface area (Å²) in [5.41, 5.74) is 6.83.